The summed E-state index contributed by atoms with van der Waals surface area (Å²) in [5.41, 5.74) is 0.990. The molecule has 4 heteroatoms. The molecule has 0 unspecified atom stereocenters. The Morgan fingerprint density at radius 2 is 1.03 bits per heavy atom. The smallest absolute Gasteiger partial charge is 0.159 e. The van der Waals surface area contributed by atoms with Gasteiger partial charge in [0.25, 0.3) is 0 Å². The van der Waals surface area contributed by atoms with Crippen LogP contribution in [0.3, 0.4) is 0 Å². The summed E-state index contributed by atoms with van der Waals surface area (Å²) in [6.45, 7) is 6.01. The highest BCUT2D eigenvalue weighted by atomic mass is 16.5. The summed E-state index contributed by atoms with van der Waals surface area (Å²) in [5.74, 6) is 2.36. The minimum Gasteiger partial charge on any atom is -0.494 e. The molecule has 0 N–H and O–H groups in total. The maximum absolute atomic E-state index is 5.85. The zero-order valence-corrected chi connectivity index (χ0v) is 19.1. The van der Waals surface area contributed by atoms with Crippen LogP contribution in [0, 0.1) is 0 Å². The summed E-state index contributed by atoms with van der Waals surface area (Å²) in [4.78, 5) is 8.90. The van der Waals surface area contributed by atoms with E-state index in [1.807, 2.05) is 24.3 Å². The largest absolute Gasteiger partial charge is 0.494 e. The number of hydrogen-bond acceptors (Lipinski definition) is 4. The average molecular weight is 413 g/mol. The molecule has 0 aliphatic heterocycles. The Kier molecular flexibility index (Phi) is 12.7. The van der Waals surface area contributed by atoms with Crippen LogP contribution in [0.5, 0.6) is 11.5 Å². The maximum Gasteiger partial charge on any atom is 0.159 e. The highest BCUT2D eigenvalue weighted by molar-refractivity contribution is 5.56. The first kappa shape index (κ1) is 24.2. The Balaban J connectivity index is 1.65. The lowest BCUT2D eigenvalue weighted by atomic mass is 10.1. The molecule has 0 bridgehead atoms. The molecule has 166 valence electrons. The number of benzene rings is 1. The molecule has 0 radical (unpaired) electrons. The second-order valence-electron chi connectivity index (χ2n) is 8.00. The first-order chi connectivity index (χ1) is 14.8. The van der Waals surface area contributed by atoms with Gasteiger partial charge in [-0.1, -0.05) is 78.1 Å². The molecule has 0 aliphatic rings. The van der Waals surface area contributed by atoms with Gasteiger partial charge < -0.3 is 9.47 Å². The lowest BCUT2D eigenvalue weighted by Crippen LogP contribution is -1.99. The summed E-state index contributed by atoms with van der Waals surface area (Å²) in [6.07, 6.45) is 18.8. The van der Waals surface area contributed by atoms with Gasteiger partial charge in [0, 0.05) is 5.56 Å². The number of nitrogens with zero attached hydrogens (tertiary/aromatic N) is 2. The molecule has 0 saturated carbocycles. The Labute approximate surface area is 183 Å². The minimum atomic E-state index is 0.712. The Hall–Kier alpha value is -2.10. The van der Waals surface area contributed by atoms with Crippen LogP contribution in [-0.2, 0) is 0 Å². The van der Waals surface area contributed by atoms with Gasteiger partial charge in [-0.15, -0.1) is 0 Å². The van der Waals surface area contributed by atoms with Crippen molar-refractivity contribution in [3.05, 3.63) is 36.7 Å². The topological polar surface area (TPSA) is 44.2 Å². The van der Waals surface area contributed by atoms with Crippen LogP contribution in [0.4, 0.5) is 0 Å². The summed E-state index contributed by atoms with van der Waals surface area (Å²) in [6, 6.07) is 8.03. The lowest BCUT2D eigenvalue weighted by Gasteiger charge is -2.08. The molecule has 1 heterocycles. The fourth-order valence-corrected chi connectivity index (χ4v) is 3.38. The number of hydrogen-bond donors (Lipinski definition) is 0. The van der Waals surface area contributed by atoms with Crippen molar-refractivity contribution in [2.45, 2.75) is 90.9 Å². The summed E-state index contributed by atoms with van der Waals surface area (Å²) >= 11 is 0. The van der Waals surface area contributed by atoms with Crippen molar-refractivity contribution in [1.29, 1.82) is 0 Å². The molecule has 2 aromatic rings. The fraction of sp³-hybridized carbons (Fsp3) is 0.615. The maximum atomic E-state index is 5.85. The Morgan fingerprint density at radius 3 is 1.57 bits per heavy atom. The van der Waals surface area contributed by atoms with E-state index in [-0.39, 0.29) is 0 Å². The number of aromatic nitrogens is 2. The van der Waals surface area contributed by atoms with E-state index in [2.05, 4.69) is 23.8 Å². The van der Waals surface area contributed by atoms with Crippen LogP contribution in [0.25, 0.3) is 11.4 Å². The van der Waals surface area contributed by atoms with Crippen LogP contribution < -0.4 is 9.47 Å². The molecule has 30 heavy (non-hydrogen) atoms. The van der Waals surface area contributed by atoms with Gasteiger partial charge in [-0.2, -0.15) is 0 Å². The molecule has 0 amide bonds. The minimum absolute atomic E-state index is 0.712. The number of rotatable bonds is 17. The third-order valence-electron chi connectivity index (χ3n) is 5.27. The van der Waals surface area contributed by atoms with Gasteiger partial charge in [0.1, 0.15) is 5.75 Å². The third kappa shape index (κ3) is 10.1. The second kappa shape index (κ2) is 15.7. The molecule has 0 spiro atoms. The molecular weight excluding hydrogens is 372 g/mol. The van der Waals surface area contributed by atoms with Crippen LogP contribution in [0.1, 0.15) is 90.9 Å². The van der Waals surface area contributed by atoms with Crippen LogP contribution in [-0.4, -0.2) is 23.2 Å². The molecule has 4 nitrogen and oxygen atoms in total. The van der Waals surface area contributed by atoms with Crippen molar-refractivity contribution in [2.75, 3.05) is 13.2 Å². The van der Waals surface area contributed by atoms with Crippen molar-refractivity contribution < 1.29 is 9.47 Å². The average Bonchev–Trinajstić information content (AvgIpc) is 2.79. The van der Waals surface area contributed by atoms with E-state index in [0.29, 0.717) is 5.82 Å². The SMILES string of the molecule is CCCCCCCCOc1ccc(-c2ncc(OCCCCCCCC)cn2)cc1. The second-order valence-corrected chi connectivity index (χ2v) is 8.00. The number of ether oxygens (including phenoxy) is 2. The van der Waals surface area contributed by atoms with E-state index in [9.17, 15) is 0 Å². The highest BCUT2D eigenvalue weighted by Gasteiger charge is 2.03. The van der Waals surface area contributed by atoms with Crippen molar-refractivity contribution >= 4 is 0 Å². The van der Waals surface area contributed by atoms with Crippen LogP contribution in [0.2, 0.25) is 0 Å². The normalized spacial score (nSPS) is 10.9. The van der Waals surface area contributed by atoms with E-state index in [0.717, 1.165) is 43.1 Å². The standard InChI is InChI=1S/C26H40N2O2/c1-3-5-7-9-11-13-19-29-24-17-15-23(16-18-24)26-27-21-25(22-28-26)30-20-14-12-10-8-6-4-2/h15-18,21-22H,3-14,19-20H2,1-2H3. The monoisotopic (exact) mass is 412 g/mol. The molecular formula is C26H40N2O2. The zero-order valence-electron chi connectivity index (χ0n) is 19.1. The predicted molar refractivity (Wildman–Crippen MR) is 125 cm³/mol. The van der Waals surface area contributed by atoms with E-state index in [1.54, 1.807) is 12.4 Å². The van der Waals surface area contributed by atoms with Gasteiger partial charge >= 0.3 is 0 Å². The molecule has 1 aromatic heterocycles. The van der Waals surface area contributed by atoms with Gasteiger partial charge in [-0.25, -0.2) is 9.97 Å². The first-order valence-electron chi connectivity index (χ1n) is 12.0. The molecule has 0 aliphatic carbocycles. The van der Waals surface area contributed by atoms with Gasteiger partial charge in [0.2, 0.25) is 0 Å². The van der Waals surface area contributed by atoms with E-state index in [4.69, 9.17) is 9.47 Å². The Morgan fingerprint density at radius 1 is 0.567 bits per heavy atom. The van der Waals surface area contributed by atoms with Crippen LogP contribution in [0.15, 0.2) is 36.7 Å². The van der Waals surface area contributed by atoms with Crippen molar-refractivity contribution in [1.82, 2.24) is 9.97 Å². The summed E-state index contributed by atoms with van der Waals surface area (Å²) in [7, 11) is 0. The fourth-order valence-electron chi connectivity index (χ4n) is 3.38. The molecule has 1 aromatic carbocycles. The third-order valence-corrected chi connectivity index (χ3v) is 5.27. The molecule has 0 fully saturated rings. The number of unbranched alkanes of at least 4 members (excludes halogenated alkanes) is 10. The van der Waals surface area contributed by atoms with E-state index >= 15 is 0 Å². The van der Waals surface area contributed by atoms with Crippen molar-refractivity contribution in [3.8, 4) is 22.9 Å². The molecule has 2 rings (SSSR count). The predicted octanol–water partition coefficient (Wildman–Crippen LogP) is 7.62. The van der Waals surface area contributed by atoms with Gasteiger partial charge in [0.05, 0.1) is 25.6 Å². The molecule has 0 saturated heterocycles. The summed E-state index contributed by atoms with van der Waals surface area (Å²) < 4.78 is 11.6. The Bertz CT molecular complexity index is 596. The van der Waals surface area contributed by atoms with Crippen molar-refractivity contribution in [2.24, 2.45) is 0 Å². The molecule has 0 atom stereocenters. The van der Waals surface area contributed by atoms with E-state index < -0.39 is 0 Å². The summed E-state index contributed by atoms with van der Waals surface area (Å²) in [5, 5.41) is 0. The first-order valence-corrected chi connectivity index (χ1v) is 12.0. The van der Waals surface area contributed by atoms with Crippen LogP contribution >= 0.6 is 0 Å². The zero-order chi connectivity index (χ0) is 21.3. The van der Waals surface area contributed by atoms with Gasteiger partial charge in [-0.3, -0.25) is 0 Å². The van der Waals surface area contributed by atoms with Gasteiger partial charge in [0.15, 0.2) is 11.6 Å². The highest BCUT2D eigenvalue weighted by Crippen LogP contribution is 2.21. The lowest BCUT2D eigenvalue weighted by molar-refractivity contribution is 0.302. The van der Waals surface area contributed by atoms with E-state index in [1.165, 1.54) is 64.2 Å². The quantitative estimate of drug-likeness (QED) is 0.251. The van der Waals surface area contributed by atoms with Crippen molar-refractivity contribution in [3.63, 3.8) is 0 Å². The van der Waals surface area contributed by atoms with Gasteiger partial charge in [-0.05, 0) is 37.1 Å².